The second-order valence-corrected chi connectivity index (χ2v) is 18.2. The van der Waals surface area contributed by atoms with Gasteiger partial charge in [0, 0.05) is 59.8 Å². The van der Waals surface area contributed by atoms with Gasteiger partial charge in [0.05, 0.1) is 38.1 Å². The highest BCUT2D eigenvalue weighted by Crippen LogP contribution is 2.28. The van der Waals surface area contributed by atoms with Crippen LogP contribution < -0.4 is 5.32 Å². The van der Waals surface area contributed by atoms with Gasteiger partial charge >= 0.3 is 5.97 Å². The number of carbonyl (C=O) groups is 2. The van der Waals surface area contributed by atoms with Crippen LogP contribution in [0.4, 0.5) is 0 Å². The van der Waals surface area contributed by atoms with E-state index in [-0.39, 0.29) is 43.2 Å². The molecule has 1 amide bonds. The maximum atomic E-state index is 12.0. The van der Waals surface area contributed by atoms with Crippen molar-refractivity contribution in [3.63, 3.8) is 0 Å². The summed E-state index contributed by atoms with van der Waals surface area (Å²) >= 11 is 5.25. The molecule has 3 aliphatic rings. The minimum atomic E-state index is -0.921. The lowest BCUT2D eigenvalue weighted by atomic mass is 10.1. The predicted octanol–water partition coefficient (Wildman–Crippen LogP) is 7.26. The van der Waals surface area contributed by atoms with Crippen molar-refractivity contribution in [1.29, 1.82) is 0 Å². The Morgan fingerprint density at radius 1 is 0.645 bits per heavy atom. The molecule has 9 rings (SSSR count). The summed E-state index contributed by atoms with van der Waals surface area (Å²) in [5.41, 5.74) is 3.88. The Morgan fingerprint density at radius 3 is 1.61 bits per heavy atom. The molecule has 15 heteroatoms. The number of hydrogen-bond acceptors (Lipinski definition) is 12. The number of carboxylic acids is 1. The lowest BCUT2D eigenvalue weighted by Gasteiger charge is -2.15. The van der Waals surface area contributed by atoms with Gasteiger partial charge in [-0.3, -0.25) is 9.69 Å². The van der Waals surface area contributed by atoms with E-state index in [0.29, 0.717) is 32.5 Å². The van der Waals surface area contributed by atoms with Crippen LogP contribution in [0.25, 0.3) is 30.3 Å². The molecule has 3 fully saturated rings. The summed E-state index contributed by atoms with van der Waals surface area (Å²) in [6.45, 7) is 7.48. The highest BCUT2D eigenvalue weighted by molar-refractivity contribution is 7.18. The molecule has 3 saturated heterocycles. The summed E-state index contributed by atoms with van der Waals surface area (Å²) in [6.07, 6.45) is 5.09. The maximum absolute atomic E-state index is 12.0. The van der Waals surface area contributed by atoms with E-state index >= 15 is 0 Å². The van der Waals surface area contributed by atoms with Crippen LogP contribution in [-0.2, 0) is 38.3 Å². The van der Waals surface area contributed by atoms with Gasteiger partial charge in [0.15, 0.2) is 0 Å². The van der Waals surface area contributed by atoms with E-state index in [1.165, 1.54) is 46.9 Å². The van der Waals surface area contributed by atoms with Gasteiger partial charge in [0.25, 0.3) is 0 Å². The molecule has 0 radical (unpaired) electrons. The van der Waals surface area contributed by atoms with E-state index in [0.717, 1.165) is 78.0 Å². The average molecular weight is 927 g/mol. The lowest BCUT2D eigenvalue weighted by molar-refractivity contribution is -0.142. The number of halogens is 1. The summed E-state index contributed by atoms with van der Waals surface area (Å²) in [4.78, 5) is 26.3. The molecule has 0 unspecified atom stereocenters. The Bertz CT molecular complexity index is 2240. The van der Waals surface area contributed by atoms with E-state index in [9.17, 15) is 19.8 Å². The number of fused-ring (bicyclic) bond motifs is 3. The summed E-state index contributed by atoms with van der Waals surface area (Å²) in [7, 11) is 0. The van der Waals surface area contributed by atoms with Crippen LogP contribution in [0, 0.1) is 0 Å². The van der Waals surface area contributed by atoms with Crippen molar-refractivity contribution in [2.75, 3.05) is 72.2 Å². The third-order valence-corrected chi connectivity index (χ3v) is 13.9. The molecule has 5 N–H and O–H groups in total. The smallest absolute Gasteiger partial charge is 0.329 e. The predicted molar refractivity (Wildman–Crippen MR) is 255 cm³/mol. The first-order chi connectivity index (χ1) is 29.7. The molecule has 6 heterocycles. The number of aliphatic carboxylic acids is 1. The number of amides is 1. The highest BCUT2D eigenvalue weighted by atomic mass is 35.5. The van der Waals surface area contributed by atoms with Crippen molar-refractivity contribution in [3.05, 3.63) is 106 Å². The number of likely N-dealkylation sites (tertiary alicyclic amines) is 2. The summed E-state index contributed by atoms with van der Waals surface area (Å²) in [6, 6.07) is 25.0. The fourth-order valence-corrected chi connectivity index (χ4v) is 10.5. The van der Waals surface area contributed by atoms with Gasteiger partial charge in [0.1, 0.15) is 6.61 Å². The summed E-state index contributed by atoms with van der Waals surface area (Å²) in [5, 5.41) is 49.4. The Morgan fingerprint density at radius 2 is 1.16 bits per heavy atom. The normalized spacial score (nSPS) is 18.4. The van der Waals surface area contributed by atoms with Crippen molar-refractivity contribution in [3.8, 4) is 0 Å². The average Bonchev–Trinajstić information content (AvgIpc) is 4.15. The Balaban J connectivity index is 0.000000164. The number of benzene rings is 3. The third-order valence-electron chi connectivity index (χ3n) is 10.9. The zero-order chi connectivity index (χ0) is 42.8. The van der Waals surface area contributed by atoms with Gasteiger partial charge in [-0.15, -0.1) is 46.4 Å². The number of carbonyl (C=O) groups excluding carboxylic acids is 1. The monoisotopic (exact) mass is 925 g/mol. The molecule has 3 aliphatic heterocycles. The molecule has 6 aromatic rings. The van der Waals surface area contributed by atoms with Gasteiger partial charge in [-0.05, 0) is 112 Å². The number of aliphatic hydroxyl groups is 3. The van der Waals surface area contributed by atoms with Crippen molar-refractivity contribution >= 4 is 88.6 Å². The number of thiophene rings is 3. The zero-order valence-corrected chi connectivity index (χ0v) is 38.3. The fraction of sp³-hybridized carbons (Fsp3) is 0.447. The minimum absolute atomic E-state index is 0. The first-order valence-electron chi connectivity index (χ1n) is 21.2. The quantitative estimate of drug-likeness (QED) is 0.0707. The van der Waals surface area contributed by atoms with Crippen molar-refractivity contribution in [2.24, 2.45) is 0 Å². The van der Waals surface area contributed by atoms with Gasteiger partial charge in [0.2, 0.25) is 5.91 Å². The van der Waals surface area contributed by atoms with Crippen LogP contribution in [0.15, 0.2) is 88.9 Å². The van der Waals surface area contributed by atoms with Crippen LogP contribution in [0.5, 0.6) is 0 Å². The number of β-amino-alcohol motifs (C(OH)–C–C–N with tert-alkyl or cyclic N) is 3. The molecule has 0 saturated carbocycles. The zero-order valence-electron chi connectivity index (χ0n) is 35.1. The number of ether oxygens (including phenoxy) is 2. The number of nitrogens with zero attached hydrogens (tertiary/aromatic N) is 2. The SMILES string of the molecule is Cl.O=C(CCc1csc2ccccc12)N1CC[C@@H](O)C1.O=C(O)COCCc1csc2ccccc12.O[C@@H]1CCN(CCOCCc2csc3ccccc23)C1.O[C@@H]1CCNC1. The van der Waals surface area contributed by atoms with Crippen molar-refractivity contribution in [2.45, 2.75) is 63.3 Å². The summed E-state index contributed by atoms with van der Waals surface area (Å²) in [5.74, 6) is -0.762. The molecule has 3 aromatic heterocycles. The summed E-state index contributed by atoms with van der Waals surface area (Å²) < 4.78 is 14.7. The van der Waals surface area contributed by atoms with Crippen LogP contribution in [0.2, 0.25) is 0 Å². The van der Waals surface area contributed by atoms with Gasteiger partial charge in [-0.1, -0.05) is 54.6 Å². The highest BCUT2D eigenvalue weighted by Gasteiger charge is 2.24. The van der Waals surface area contributed by atoms with E-state index < -0.39 is 5.97 Å². The molecule has 3 aromatic carbocycles. The number of aliphatic hydroxyl groups excluding tert-OH is 3. The third kappa shape index (κ3) is 15.6. The second-order valence-electron chi connectivity index (χ2n) is 15.5. The first-order valence-corrected chi connectivity index (χ1v) is 23.8. The van der Waals surface area contributed by atoms with Gasteiger partial charge in [-0.25, -0.2) is 4.79 Å². The molecule has 0 bridgehead atoms. The molecule has 11 nitrogen and oxygen atoms in total. The molecule has 3 atom stereocenters. The second kappa shape index (κ2) is 26.3. The molecule has 336 valence electrons. The molecular formula is C47H60ClN3O8S3. The van der Waals surface area contributed by atoms with Gasteiger partial charge in [-0.2, -0.15) is 0 Å². The topological polar surface area (TPSA) is 152 Å². The van der Waals surface area contributed by atoms with Crippen molar-refractivity contribution in [1.82, 2.24) is 15.1 Å². The Hall–Kier alpha value is -3.51. The number of rotatable bonds is 14. The first kappa shape index (κ1) is 49.5. The molecule has 0 aliphatic carbocycles. The largest absolute Gasteiger partial charge is 0.480 e. The van der Waals surface area contributed by atoms with Crippen LogP contribution in [0.3, 0.4) is 0 Å². The standard InChI is InChI=1S/C16H21NO2S.C15H17NO2S.C12H12O3S.C4H9NO.ClH/c18-14-5-7-17(11-14)8-10-19-9-6-13-12-20-16-4-2-1-3-15(13)16;17-12-7-8-16(9-12)15(18)6-5-11-10-19-14-4-2-1-3-13(11)14;13-12(14)7-15-6-5-9-8-16-11-4-2-1-3-10(9)11;6-4-1-2-5-3-4;/h1-4,12,14,18H,5-11H2;1-4,10,12,17H,5-9H2;1-4,8H,5-7H2,(H,13,14);4-6H,1-3H2;1H/t14-;12-;;4-;/m11.1./s1. The van der Waals surface area contributed by atoms with E-state index in [2.05, 4.69) is 74.9 Å². The van der Waals surface area contributed by atoms with Crippen molar-refractivity contribution < 1.29 is 39.5 Å². The molecule has 0 spiro atoms. The number of nitrogens with one attached hydrogen (secondary N) is 1. The maximum Gasteiger partial charge on any atom is 0.329 e. The van der Waals surface area contributed by atoms with Crippen LogP contribution in [-0.4, -0.2) is 133 Å². The Labute approximate surface area is 382 Å². The van der Waals surface area contributed by atoms with Gasteiger partial charge < -0.3 is 40.1 Å². The number of carboxylic acid groups (broad SMARTS) is 1. The Kier molecular flexibility index (Phi) is 21.0. The van der Waals surface area contributed by atoms with E-state index in [4.69, 9.17) is 19.7 Å². The molecular weight excluding hydrogens is 866 g/mol. The number of aryl methyl sites for hydroxylation is 1. The number of hydrogen-bond donors (Lipinski definition) is 5. The van der Waals surface area contributed by atoms with E-state index in [1.807, 2.05) is 24.3 Å². The van der Waals surface area contributed by atoms with Crippen LogP contribution >= 0.6 is 46.4 Å². The lowest BCUT2D eigenvalue weighted by Crippen LogP contribution is -2.29. The fourth-order valence-electron chi connectivity index (χ4n) is 7.52. The molecule has 62 heavy (non-hydrogen) atoms. The van der Waals surface area contributed by atoms with E-state index in [1.54, 1.807) is 38.9 Å². The minimum Gasteiger partial charge on any atom is -0.480 e. The van der Waals surface area contributed by atoms with Crippen LogP contribution in [0.1, 0.15) is 42.4 Å².